The molecule has 4 rings (SSSR count). The number of amides is 1. The fourth-order valence-electron chi connectivity index (χ4n) is 4.22. The number of carbonyl (C=O) groups is 1. The largest absolute Gasteiger partial charge is 0.348 e. The molecule has 162 valence electrons. The Labute approximate surface area is 189 Å². The number of hydrogen-bond acceptors (Lipinski definition) is 3. The average Bonchev–Trinajstić information content (AvgIpc) is 3.16. The molecule has 0 saturated carbocycles. The van der Waals surface area contributed by atoms with E-state index in [9.17, 15) is 4.79 Å². The summed E-state index contributed by atoms with van der Waals surface area (Å²) in [5.41, 5.74) is 3.99. The van der Waals surface area contributed by atoms with E-state index in [4.69, 9.17) is 11.6 Å². The summed E-state index contributed by atoms with van der Waals surface area (Å²) >= 11 is 5.99. The molecule has 1 N–H and O–H groups in total. The van der Waals surface area contributed by atoms with E-state index < -0.39 is 0 Å². The Morgan fingerprint density at radius 1 is 1.06 bits per heavy atom. The highest BCUT2D eigenvalue weighted by Crippen LogP contribution is 2.24. The molecule has 0 unspecified atom stereocenters. The summed E-state index contributed by atoms with van der Waals surface area (Å²) in [6.45, 7) is 3.61. The van der Waals surface area contributed by atoms with Crippen LogP contribution in [0.5, 0.6) is 0 Å². The van der Waals surface area contributed by atoms with Gasteiger partial charge in [0, 0.05) is 31.4 Å². The van der Waals surface area contributed by atoms with Gasteiger partial charge in [0.05, 0.1) is 11.3 Å². The molecule has 0 spiro atoms. The Hall–Kier alpha value is -2.63. The minimum absolute atomic E-state index is 0.0490. The standard InChI is InChI=1S/C25H29ClN4O/c1-29-18-23(25(31)27-16-20-5-3-2-4-6-20)24(28-29)15-19-11-13-30(14-12-19)17-21-7-9-22(26)10-8-21/h2-10,18-19H,11-17H2,1H3,(H,27,31). The van der Waals surface area contributed by atoms with Gasteiger partial charge in [0.1, 0.15) is 0 Å². The van der Waals surface area contributed by atoms with E-state index in [-0.39, 0.29) is 5.91 Å². The van der Waals surface area contributed by atoms with E-state index in [0.29, 0.717) is 18.0 Å². The molecule has 0 bridgehead atoms. The lowest BCUT2D eigenvalue weighted by atomic mass is 9.91. The van der Waals surface area contributed by atoms with Gasteiger partial charge in [-0.15, -0.1) is 0 Å². The van der Waals surface area contributed by atoms with Crippen molar-refractivity contribution < 1.29 is 4.79 Å². The van der Waals surface area contributed by atoms with Gasteiger partial charge >= 0.3 is 0 Å². The molecule has 6 heteroatoms. The van der Waals surface area contributed by atoms with Gasteiger partial charge < -0.3 is 5.32 Å². The van der Waals surface area contributed by atoms with Crippen LogP contribution in [-0.2, 0) is 26.6 Å². The van der Waals surface area contributed by atoms with Crippen molar-refractivity contribution in [3.63, 3.8) is 0 Å². The Morgan fingerprint density at radius 3 is 2.48 bits per heavy atom. The zero-order chi connectivity index (χ0) is 21.6. The topological polar surface area (TPSA) is 50.2 Å². The molecule has 1 fully saturated rings. The summed E-state index contributed by atoms with van der Waals surface area (Å²) in [4.78, 5) is 15.3. The van der Waals surface area contributed by atoms with Crippen LogP contribution in [0.3, 0.4) is 0 Å². The summed E-state index contributed by atoms with van der Waals surface area (Å²) in [5.74, 6) is 0.504. The van der Waals surface area contributed by atoms with E-state index in [0.717, 1.165) is 55.2 Å². The summed E-state index contributed by atoms with van der Waals surface area (Å²) < 4.78 is 1.75. The number of benzene rings is 2. The molecule has 31 heavy (non-hydrogen) atoms. The molecule has 1 amide bonds. The predicted molar refractivity (Wildman–Crippen MR) is 124 cm³/mol. The molecule has 5 nitrogen and oxygen atoms in total. The Kier molecular flexibility index (Phi) is 7.05. The summed E-state index contributed by atoms with van der Waals surface area (Å²) in [7, 11) is 1.88. The highest BCUT2D eigenvalue weighted by atomic mass is 35.5. The van der Waals surface area contributed by atoms with E-state index in [2.05, 4.69) is 27.4 Å². The van der Waals surface area contributed by atoms with Crippen molar-refractivity contribution >= 4 is 17.5 Å². The average molecular weight is 437 g/mol. The number of halogens is 1. The summed E-state index contributed by atoms with van der Waals surface area (Å²) in [6, 6.07) is 18.1. The van der Waals surface area contributed by atoms with E-state index >= 15 is 0 Å². The molecule has 2 heterocycles. The van der Waals surface area contributed by atoms with Crippen LogP contribution in [0, 0.1) is 5.92 Å². The first kappa shape index (κ1) is 21.6. The fraction of sp³-hybridized carbons (Fsp3) is 0.360. The van der Waals surface area contributed by atoms with Crippen molar-refractivity contribution in [1.29, 1.82) is 0 Å². The van der Waals surface area contributed by atoms with Crippen LogP contribution in [0.25, 0.3) is 0 Å². The van der Waals surface area contributed by atoms with Crippen molar-refractivity contribution in [2.45, 2.75) is 32.4 Å². The minimum Gasteiger partial charge on any atom is -0.348 e. The van der Waals surface area contributed by atoms with Crippen LogP contribution in [0.15, 0.2) is 60.8 Å². The van der Waals surface area contributed by atoms with E-state index in [1.807, 2.05) is 55.7 Å². The van der Waals surface area contributed by atoms with Gasteiger partial charge in [0.15, 0.2) is 0 Å². The highest BCUT2D eigenvalue weighted by molar-refractivity contribution is 6.30. The molecule has 2 aromatic carbocycles. The van der Waals surface area contributed by atoms with Crippen molar-refractivity contribution in [2.75, 3.05) is 13.1 Å². The Bertz CT molecular complexity index is 992. The molecule has 1 aromatic heterocycles. The number of nitrogens with zero attached hydrogens (tertiary/aromatic N) is 3. The third-order valence-electron chi connectivity index (χ3n) is 5.95. The van der Waals surface area contributed by atoms with Crippen molar-refractivity contribution in [3.8, 4) is 0 Å². The summed E-state index contributed by atoms with van der Waals surface area (Å²) in [6.07, 6.45) is 4.93. The number of hydrogen-bond donors (Lipinski definition) is 1. The van der Waals surface area contributed by atoms with Gasteiger partial charge in [-0.3, -0.25) is 14.4 Å². The van der Waals surface area contributed by atoms with Crippen LogP contribution < -0.4 is 5.32 Å². The number of rotatable bonds is 7. The van der Waals surface area contributed by atoms with Crippen LogP contribution in [0.4, 0.5) is 0 Å². The lowest BCUT2D eigenvalue weighted by Gasteiger charge is -2.31. The molecular weight excluding hydrogens is 408 g/mol. The molecular formula is C25H29ClN4O. The molecule has 0 atom stereocenters. The SMILES string of the molecule is Cn1cc(C(=O)NCc2ccccc2)c(CC2CCN(Cc3ccc(Cl)cc3)CC2)n1. The van der Waals surface area contributed by atoms with Crippen molar-refractivity contribution in [2.24, 2.45) is 13.0 Å². The Morgan fingerprint density at radius 2 is 1.77 bits per heavy atom. The Balaban J connectivity index is 1.30. The van der Waals surface area contributed by atoms with Gasteiger partial charge in [0.2, 0.25) is 0 Å². The minimum atomic E-state index is -0.0490. The summed E-state index contributed by atoms with van der Waals surface area (Å²) in [5, 5.41) is 8.42. The first-order valence-corrected chi connectivity index (χ1v) is 11.3. The second-order valence-electron chi connectivity index (χ2n) is 8.38. The highest BCUT2D eigenvalue weighted by Gasteiger charge is 2.23. The number of carbonyl (C=O) groups excluding carboxylic acids is 1. The van der Waals surface area contributed by atoms with Gasteiger partial charge in [-0.05, 0) is 61.5 Å². The molecule has 1 aliphatic rings. The third-order valence-corrected chi connectivity index (χ3v) is 6.21. The normalized spacial score (nSPS) is 15.2. The number of nitrogens with one attached hydrogen (secondary N) is 1. The maximum Gasteiger partial charge on any atom is 0.255 e. The lowest BCUT2D eigenvalue weighted by molar-refractivity contribution is 0.0949. The maximum absolute atomic E-state index is 12.8. The van der Waals surface area contributed by atoms with Gasteiger partial charge in [-0.1, -0.05) is 54.1 Å². The first-order valence-electron chi connectivity index (χ1n) is 10.9. The van der Waals surface area contributed by atoms with Gasteiger partial charge in [0.25, 0.3) is 5.91 Å². The van der Waals surface area contributed by atoms with E-state index in [1.54, 1.807) is 4.68 Å². The van der Waals surface area contributed by atoms with Crippen molar-refractivity contribution in [1.82, 2.24) is 20.0 Å². The lowest BCUT2D eigenvalue weighted by Crippen LogP contribution is -2.34. The van der Waals surface area contributed by atoms with Crippen LogP contribution in [-0.4, -0.2) is 33.7 Å². The van der Waals surface area contributed by atoms with Crippen LogP contribution in [0.1, 0.15) is 40.0 Å². The fourth-order valence-corrected chi connectivity index (χ4v) is 4.34. The zero-order valence-corrected chi connectivity index (χ0v) is 18.7. The van der Waals surface area contributed by atoms with Gasteiger partial charge in [-0.2, -0.15) is 5.10 Å². The smallest absolute Gasteiger partial charge is 0.255 e. The zero-order valence-electron chi connectivity index (χ0n) is 17.9. The predicted octanol–water partition coefficient (Wildman–Crippen LogP) is 4.46. The first-order chi connectivity index (χ1) is 15.1. The second kappa shape index (κ2) is 10.1. The van der Waals surface area contributed by atoms with Crippen LogP contribution in [0.2, 0.25) is 5.02 Å². The third kappa shape index (κ3) is 5.96. The molecule has 0 aliphatic carbocycles. The molecule has 1 saturated heterocycles. The quantitative estimate of drug-likeness (QED) is 0.595. The molecule has 1 aliphatic heterocycles. The second-order valence-corrected chi connectivity index (χ2v) is 8.82. The number of likely N-dealkylation sites (tertiary alicyclic amines) is 1. The number of piperidine rings is 1. The van der Waals surface area contributed by atoms with Crippen LogP contribution >= 0.6 is 11.6 Å². The molecule has 3 aromatic rings. The molecule has 0 radical (unpaired) electrons. The van der Waals surface area contributed by atoms with Gasteiger partial charge in [-0.25, -0.2) is 0 Å². The number of aryl methyl sites for hydroxylation is 1. The number of aromatic nitrogens is 2. The monoisotopic (exact) mass is 436 g/mol. The van der Waals surface area contributed by atoms with E-state index in [1.165, 1.54) is 5.56 Å². The van der Waals surface area contributed by atoms with Crippen molar-refractivity contribution in [3.05, 3.63) is 88.2 Å². The maximum atomic E-state index is 12.8.